The van der Waals surface area contributed by atoms with Gasteiger partial charge in [-0.1, -0.05) is 31.1 Å². The van der Waals surface area contributed by atoms with Crippen LogP contribution in [0.1, 0.15) is 32.1 Å². The van der Waals surface area contributed by atoms with Gasteiger partial charge in [-0.25, -0.2) is 0 Å². The van der Waals surface area contributed by atoms with Crippen LogP contribution in [0.2, 0.25) is 0 Å². The molecule has 2 atom stereocenters. The summed E-state index contributed by atoms with van der Waals surface area (Å²) in [6.45, 7) is 2.30. The van der Waals surface area contributed by atoms with Gasteiger partial charge in [0.2, 0.25) is 5.91 Å². The number of hydrogen-bond acceptors (Lipinski definition) is 5. The Morgan fingerprint density at radius 1 is 1.14 bits per heavy atom. The highest BCUT2D eigenvalue weighted by atomic mass is 16.2. The molecule has 154 valence electrons. The Morgan fingerprint density at radius 3 is 2.66 bits per heavy atom. The molecule has 0 aromatic heterocycles. The topological polar surface area (TPSA) is 99.8 Å². The van der Waals surface area contributed by atoms with Gasteiger partial charge in [0.05, 0.1) is 23.8 Å². The van der Waals surface area contributed by atoms with Gasteiger partial charge < -0.3 is 16.4 Å². The van der Waals surface area contributed by atoms with Crippen LogP contribution in [-0.2, 0) is 9.59 Å². The molecule has 4 rings (SSSR count). The summed E-state index contributed by atoms with van der Waals surface area (Å²) in [5.41, 5.74) is 7.23. The monoisotopic (exact) mass is 395 g/mol. The zero-order chi connectivity index (χ0) is 20.2. The Kier molecular flexibility index (Phi) is 5.94. The van der Waals surface area contributed by atoms with E-state index in [1.165, 1.54) is 25.7 Å². The third-order valence-corrected chi connectivity index (χ3v) is 6.13. The second-order valence-electron chi connectivity index (χ2n) is 8.16. The molecule has 0 bridgehead atoms. The minimum Gasteiger partial charge on any atom is -0.397 e. The normalized spacial score (nSPS) is 25.0. The van der Waals surface area contributed by atoms with Gasteiger partial charge >= 0.3 is 0 Å². The van der Waals surface area contributed by atoms with Gasteiger partial charge in [-0.2, -0.15) is 0 Å². The molecular weight excluding hydrogens is 366 g/mol. The van der Waals surface area contributed by atoms with E-state index in [4.69, 9.17) is 5.73 Å². The van der Waals surface area contributed by atoms with Gasteiger partial charge in [-0.3, -0.25) is 19.5 Å². The Bertz CT molecular complexity index is 828. The lowest BCUT2D eigenvalue weighted by atomic mass is 10.0. The molecule has 0 radical (unpaired) electrons. The Labute approximate surface area is 171 Å². The van der Waals surface area contributed by atoms with E-state index in [0.29, 0.717) is 23.1 Å². The Hall–Kier alpha value is -2.67. The molecule has 2 aliphatic heterocycles. The van der Waals surface area contributed by atoms with Crippen LogP contribution in [0, 0.1) is 5.92 Å². The van der Waals surface area contributed by atoms with E-state index < -0.39 is 0 Å². The van der Waals surface area contributed by atoms with E-state index in [-0.39, 0.29) is 30.3 Å². The van der Waals surface area contributed by atoms with Crippen molar-refractivity contribution in [2.24, 2.45) is 10.9 Å². The lowest BCUT2D eigenvalue weighted by Crippen LogP contribution is -2.42. The average Bonchev–Trinajstić information content (AvgIpc) is 3.41. The number of carbonyl (C=O) groups excluding carboxylic acids is 2. The molecule has 29 heavy (non-hydrogen) atoms. The maximum Gasteiger partial charge on any atom is 0.273 e. The van der Waals surface area contributed by atoms with Gasteiger partial charge in [-0.15, -0.1) is 0 Å². The predicted molar refractivity (Wildman–Crippen MR) is 115 cm³/mol. The zero-order valence-electron chi connectivity index (χ0n) is 16.6. The molecule has 1 aromatic carbocycles. The van der Waals surface area contributed by atoms with Crippen molar-refractivity contribution >= 4 is 28.9 Å². The maximum absolute atomic E-state index is 12.6. The number of anilines is 2. The van der Waals surface area contributed by atoms with Crippen LogP contribution < -0.4 is 16.4 Å². The zero-order valence-corrected chi connectivity index (χ0v) is 16.6. The average molecular weight is 396 g/mol. The molecule has 2 unspecified atom stereocenters. The van der Waals surface area contributed by atoms with E-state index in [1.54, 1.807) is 24.3 Å². The third-order valence-electron chi connectivity index (χ3n) is 6.13. The first-order valence-corrected chi connectivity index (χ1v) is 10.5. The number of likely N-dealkylation sites (tertiary alicyclic amines) is 1. The van der Waals surface area contributed by atoms with Gasteiger partial charge in [0.15, 0.2) is 0 Å². The van der Waals surface area contributed by atoms with Crippen LogP contribution in [0.4, 0.5) is 11.4 Å². The van der Waals surface area contributed by atoms with Gasteiger partial charge in [0.25, 0.3) is 5.91 Å². The first-order valence-electron chi connectivity index (χ1n) is 10.5. The summed E-state index contributed by atoms with van der Waals surface area (Å²) in [5.74, 6) is -0.648. The number of benzene rings is 1. The predicted octanol–water partition coefficient (Wildman–Crippen LogP) is 1.97. The quantitative estimate of drug-likeness (QED) is 0.664. The molecular formula is C22H29N5O2. The number of nitrogens with zero attached hydrogens (tertiary/aromatic N) is 2. The molecule has 7 nitrogen and oxygen atoms in total. The second-order valence-corrected chi connectivity index (χ2v) is 8.16. The largest absolute Gasteiger partial charge is 0.397 e. The van der Waals surface area contributed by atoms with Crippen molar-refractivity contribution in [3.8, 4) is 0 Å². The Morgan fingerprint density at radius 2 is 1.93 bits per heavy atom. The number of para-hydroxylation sites is 2. The minimum atomic E-state index is -0.325. The summed E-state index contributed by atoms with van der Waals surface area (Å²) in [7, 11) is 0. The van der Waals surface area contributed by atoms with Crippen molar-refractivity contribution in [1.29, 1.82) is 0 Å². The molecule has 1 saturated carbocycles. The van der Waals surface area contributed by atoms with Crippen LogP contribution in [0.5, 0.6) is 0 Å². The molecule has 1 aliphatic carbocycles. The summed E-state index contributed by atoms with van der Waals surface area (Å²) in [4.78, 5) is 31.9. The van der Waals surface area contributed by atoms with Crippen LogP contribution >= 0.6 is 0 Å². The van der Waals surface area contributed by atoms with E-state index in [1.807, 2.05) is 12.1 Å². The molecule has 4 N–H and O–H groups in total. The number of aliphatic imine (C=N–C) groups is 1. The number of hydrogen-bond donors (Lipinski definition) is 3. The number of nitrogen functional groups attached to an aromatic ring is 1. The van der Waals surface area contributed by atoms with Crippen molar-refractivity contribution in [2.45, 2.75) is 44.2 Å². The highest BCUT2D eigenvalue weighted by molar-refractivity contribution is 6.47. The van der Waals surface area contributed by atoms with Crippen molar-refractivity contribution < 1.29 is 9.59 Å². The summed E-state index contributed by atoms with van der Waals surface area (Å²) in [5, 5.41) is 5.94. The fourth-order valence-electron chi connectivity index (χ4n) is 4.45. The second kappa shape index (κ2) is 8.78. The summed E-state index contributed by atoms with van der Waals surface area (Å²) >= 11 is 0. The first kappa shape index (κ1) is 19.6. The van der Waals surface area contributed by atoms with E-state index >= 15 is 0 Å². The SMILES string of the molecule is Nc1ccccc1NC(=O)C1=NCC(C(=O)NC2CCN(C3CCCC3)C2)C=C1. The van der Waals surface area contributed by atoms with Gasteiger partial charge in [0, 0.05) is 25.2 Å². The van der Waals surface area contributed by atoms with Crippen molar-refractivity contribution in [1.82, 2.24) is 10.2 Å². The van der Waals surface area contributed by atoms with E-state index in [9.17, 15) is 9.59 Å². The van der Waals surface area contributed by atoms with Crippen LogP contribution in [0.15, 0.2) is 41.4 Å². The van der Waals surface area contributed by atoms with Crippen LogP contribution in [0.3, 0.4) is 0 Å². The summed E-state index contributed by atoms with van der Waals surface area (Å²) < 4.78 is 0. The molecule has 7 heteroatoms. The molecule has 0 spiro atoms. The summed E-state index contributed by atoms with van der Waals surface area (Å²) in [6, 6.07) is 8.01. The van der Waals surface area contributed by atoms with Gasteiger partial charge in [0.1, 0.15) is 5.71 Å². The smallest absolute Gasteiger partial charge is 0.273 e. The molecule has 1 aromatic rings. The van der Waals surface area contributed by atoms with E-state index in [0.717, 1.165) is 19.5 Å². The number of nitrogens with two attached hydrogens (primary N) is 1. The van der Waals surface area contributed by atoms with Crippen molar-refractivity contribution in [2.75, 3.05) is 30.7 Å². The molecule has 1 saturated heterocycles. The highest BCUT2D eigenvalue weighted by Gasteiger charge is 2.31. The third kappa shape index (κ3) is 4.67. The van der Waals surface area contributed by atoms with Crippen LogP contribution in [0.25, 0.3) is 0 Å². The fraction of sp³-hybridized carbons (Fsp3) is 0.500. The molecule has 3 aliphatic rings. The lowest BCUT2D eigenvalue weighted by Gasteiger charge is -2.24. The molecule has 2 heterocycles. The Balaban J connectivity index is 1.26. The van der Waals surface area contributed by atoms with Crippen molar-refractivity contribution in [3.63, 3.8) is 0 Å². The number of nitrogens with one attached hydrogen (secondary N) is 2. The van der Waals surface area contributed by atoms with Gasteiger partial charge in [-0.05, 0) is 37.5 Å². The summed E-state index contributed by atoms with van der Waals surface area (Å²) in [6.07, 6.45) is 9.65. The highest BCUT2D eigenvalue weighted by Crippen LogP contribution is 2.26. The minimum absolute atomic E-state index is 0.00460. The number of dihydropyridines is 1. The molecule has 2 amide bonds. The maximum atomic E-state index is 12.6. The number of rotatable bonds is 5. The fourth-order valence-corrected chi connectivity index (χ4v) is 4.45. The number of carbonyl (C=O) groups is 2. The first-order chi connectivity index (χ1) is 14.1. The van der Waals surface area contributed by atoms with Crippen LogP contribution in [-0.4, -0.2) is 54.1 Å². The standard InChI is InChI=1S/C22H29N5O2/c23-18-7-3-4-8-19(18)26-22(29)20-10-9-15(13-24-20)21(28)25-16-11-12-27(14-16)17-5-1-2-6-17/h3-4,7-10,15-17H,1-2,5-6,11-14,23H2,(H,25,28)(H,26,29). The van der Waals surface area contributed by atoms with Crippen molar-refractivity contribution in [3.05, 3.63) is 36.4 Å². The lowest BCUT2D eigenvalue weighted by molar-refractivity contribution is -0.124. The number of amides is 2. The van der Waals surface area contributed by atoms with E-state index in [2.05, 4.69) is 20.5 Å². The molecule has 2 fully saturated rings.